The molecule has 0 unspecified atom stereocenters. The van der Waals surface area contributed by atoms with Gasteiger partial charge in [0.15, 0.2) is 0 Å². The minimum Gasteiger partial charge on any atom is -0.495 e. The second-order valence-electron chi connectivity index (χ2n) is 8.59. The van der Waals surface area contributed by atoms with Gasteiger partial charge in [0, 0.05) is 5.54 Å². The molecular formula is C21H30N2O5S. The highest BCUT2D eigenvalue weighted by molar-refractivity contribution is 7.89. The van der Waals surface area contributed by atoms with E-state index in [0.29, 0.717) is 12.0 Å². The zero-order chi connectivity index (χ0) is 21.4. The Morgan fingerprint density at radius 1 is 1.14 bits per heavy atom. The van der Waals surface area contributed by atoms with Crippen LogP contribution in [0.25, 0.3) is 0 Å². The summed E-state index contributed by atoms with van der Waals surface area (Å²) < 4.78 is 33.9. The van der Waals surface area contributed by atoms with E-state index in [1.54, 1.807) is 12.1 Å². The Labute approximate surface area is 172 Å². The third kappa shape index (κ3) is 4.33. The van der Waals surface area contributed by atoms with E-state index in [4.69, 9.17) is 4.74 Å². The van der Waals surface area contributed by atoms with Gasteiger partial charge in [0.05, 0.1) is 25.5 Å². The number of rotatable bonds is 7. The molecule has 2 amide bonds. The quantitative estimate of drug-likeness (QED) is 0.682. The van der Waals surface area contributed by atoms with Crippen LogP contribution >= 0.6 is 0 Å². The Bertz CT molecular complexity index is 886. The number of hydrogen-bond donors (Lipinski definition) is 1. The first kappa shape index (κ1) is 21.8. The number of likely N-dealkylation sites (tertiary alicyclic amines) is 1. The number of benzene rings is 1. The molecule has 3 rings (SSSR count). The van der Waals surface area contributed by atoms with Gasteiger partial charge in [-0.25, -0.2) is 13.1 Å². The lowest BCUT2D eigenvalue weighted by Crippen LogP contribution is -2.42. The Morgan fingerprint density at radius 2 is 1.72 bits per heavy atom. The summed E-state index contributed by atoms with van der Waals surface area (Å²) in [6.07, 6.45) is 4.07. The van der Waals surface area contributed by atoms with Gasteiger partial charge in [-0.2, -0.15) is 0 Å². The van der Waals surface area contributed by atoms with Gasteiger partial charge in [-0.05, 0) is 50.8 Å². The fraction of sp³-hybridized carbons (Fsp3) is 0.619. The van der Waals surface area contributed by atoms with Crippen molar-refractivity contribution in [3.05, 3.63) is 23.8 Å². The molecule has 1 N–H and O–H groups in total. The third-order valence-electron chi connectivity index (χ3n) is 6.09. The number of carbonyl (C=O) groups is 2. The minimum atomic E-state index is -3.84. The number of fused-ring (bicyclic) bond motifs is 1. The molecule has 0 aromatic heterocycles. The maximum absolute atomic E-state index is 13.0. The number of amides is 2. The number of carbonyl (C=O) groups excluding carboxylic acids is 2. The first-order chi connectivity index (χ1) is 13.6. The number of sulfonamides is 1. The number of imide groups is 1. The lowest BCUT2D eigenvalue weighted by molar-refractivity contribution is -0.140. The summed E-state index contributed by atoms with van der Waals surface area (Å²) >= 11 is 0. The predicted molar refractivity (Wildman–Crippen MR) is 109 cm³/mol. The molecule has 1 heterocycles. The zero-order valence-corrected chi connectivity index (χ0v) is 18.3. The average Bonchev–Trinajstić information content (AvgIpc) is 2.92. The van der Waals surface area contributed by atoms with Crippen molar-refractivity contribution in [3.8, 4) is 5.75 Å². The molecule has 0 bridgehead atoms. The standard InChI is InChI=1S/C21H30N2O5S/c1-5-21(2,3)22-29(26,27)18-12-14(10-11-17(18)28-4)13-23-19(24)15-8-6-7-9-16(15)20(23)25/h10-12,15-16,22H,5-9,13H2,1-4H3/t15-,16+. The Kier molecular flexibility index (Phi) is 6.06. The van der Waals surface area contributed by atoms with Crippen LogP contribution in [-0.4, -0.2) is 37.8 Å². The smallest absolute Gasteiger partial charge is 0.244 e. The lowest BCUT2D eigenvalue weighted by atomic mass is 9.81. The highest BCUT2D eigenvalue weighted by Crippen LogP contribution is 2.39. The summed E-state index contributed by atoms with van der Waals surface area (Å²) in [5, 5.41) is 0. The maximum atomic E-state index is 13.0. The van der Waals surface area contributed by atoms with Gasteiger partial charge in [-0.15, -0.1) is 0 Å². The average molecular weight is 423 g/mol. The van der Waals surface area contributed by atoms with E-state index in [-0.39, 0.29) is 40.8 Å². The van der Waals surface area contributed by atoms with Crippen molar-refractivity contribution in [2.45, 2.75) is 69.9 Å². The number of hydrogen-bond acceptors (Lipinski definition) is 5. The molecule has 1 aromatic carbocycles. The molecule has 1 aliphatic heterocycles. The van der Waals surface area contributed by atoms with Crippen LogP contribution in [0.15, 0.2) is 23.1 Å². The summed E-state index contributed by atoms with van der Waals surface area (Å²) in [6, 6.07) is 4.77. The molecule has 160 valence electrons. The molecule has 1 saturated heterocycles. The number of nitrogens with one attached hydrogen (secondary N) is 1. The Morgan fingerprint density at radius 3 is 2.24 bits per heavy atom. The van der Waals surface area contributed by atoms with Crippen LogP contribution in [0.5, 0.6) is 5.75 Å². The third-order valence-corrected chi connectivity index (χ3v) is 7.80. The normalized spacial score (nSPS) is 22.7. The van der Waals surface area contributed by atoms with Crippen molar-refractivity contribution >= 4 is 21.8 Å². The zero-order valence-electron chi connectivity index (χ0n) is 17.5. The van der Waals surface area contributed by atoms with Crippen LogP contribution in [0.3, 0.4) is 0 Å². The van der Waals surface area contributed by atoms with Gasteiger partial charge >= 0.3 is 0 Å². The SMILES string of the molecule is CCC(C)(C)NS(=O)(=O)c1cc(CN2C(=O)[C@H]3CCCC[C@H]3C2=O)ccc1OC. The van der Waals surface area contributed by atoms with Crippen LogP contribution in [0, 0.1) is 11.8 Å². The van der Waals surface area contributed by atoms with E-state index in [2.05, 4.69) is 4.72 Å². The van der Waals surface area contributed by atoms with Crippen molar-refractivity contribution in [2.75, 3.05) is 7.11 Å². The molecule has 2 atom stereocenters. The van der Waals surface area contributed by atoms with Crippen LogP contribution in [-0.2, 0) is 26.2 Å². The maximum Gasteiger partial charge on any atom is 0.244 e. The fourth-order valence-electron chi connectivity index (χ4n) is 4.09. The Hall–Kier alpha value is -1.93. The molecule has 0 radical (unpaired) electrons. The van der Waals surface area contributed by atoms with Crippen molar-refractivity contribution in [3.63, 3.8) is 0 Å². The minimum absolute atomic E-state index is 0.00976. The van der Waals surface area contributed by atoms with Crippen molar-refractivity contribution in [2.24, 2.45) is 11.8 Å². The summed E-state index contributed by atoms with van der Waals surface area (Å²) in [5.74, 6) is -0.481. The van der Waals surface area contributed by atoms with Gasteiger partial charge in [0.25, 0.3) is 0 Å². The highest BCUT2D eigenvalue weighted by Gasteiger charge is 2.48. The van der Waals surface area contributed by atoms with Crippen LogP contribution in [0.2, 0.25) is 0 Å². The van der Waals surface area contributed by atoms with Crippen molar-refractivity contribution in [1.82, 2.24) is 9.62 Å². The first-order valence-corrected chi connectivity index (χ1v) is 11.6. The van der Waals surface area contributed by atoms with E-state index in [1.807, 2.05) is 20.8 Å². The number of methoxy groups -OCH3 is 1. The second kappa shape index (κ2) is 8.07. The van der Waals surface area contributed by atoms with E-state index < -0.39 is 15.6 Å². The molecule has 2 aliphatic rings. The molecule has 1 saturated carbocycles. The van der Waals surface area contributed by atoms with Crippen molar-refractivity contribution in [1.29, 1.82) is 0 Å². The highest BCUT2D eigenvalue weighted by atomic mass is 32.2. The molecule has 29 heavy (non-hydrogen) atoms. The summed E-state index contributed by atoms with van der Waals surface area (Å²) in [6.45, 7) is 5.60. The Balaban J connectivity index is 1.89. The summed E-state index contributed by atoms with van der Waals surface area (Å²) in [5.41, 5.74) is -0.0306. The monoisotopic (exact) mass is 422 g/mol. The molecule has 7 nitrogen and oxygen atoms in total. The molecule has 2 fully saturated rings. The van der Waals surface area contributed by atoms with Gasteiger partial charge in [-0.3, -0.25) is 14.5 Å². The summed E-state index contributed by atoms with van der Waals surface area (Å²) in [7, 11) is -2.43. The largest absolute Gasteiger partial charge is 0.495 e. The van der Waals surface area contributed by atoms with Crippen molar-refractivity contribution < 1.29 is 22.7 Å². The molecule has 8 heteroatoms. The van der Waals surface area contributed by atoms with Crippen LogP contribution < -0.4 is 9.46 Å². The number of nitrogens with zero attached hydrogens (tertiary/aromatic N) is 1. The van der Waals surface area contributed by atoms with Gasteiger partial charge in [-0.1, -0.05) is 25.8 Å². The number of ether oxygens (including phenoxy) is 1. The van der Waals surface area contributed by atoms with E-state index in [1.165, 1.54) is 18.1 Å². The van der Waals surface area contributed by atoms with Crippen LogP contribution in [0.4, 0.5) is 0 Å². The van der Waals surface area contributed by atoms with Gasteiger partial charge in [0.2, 0.25) is 21.8 Å². The molecule has 1 aromatic rings. The lowest BCUT2D eigenvalue weighted by Gasteiger charge is -2.25. The van der Waals surface area contributed by atoms with Crippen LogP contribution in [0.1, 0.15) is 58.4 Å². The van der Waals surface area contributed by atoms with Gasteiger partial charge < -0.3 is 4.74 Å². The predicted octanol–water partition coefficient (Wildman–Crippen LogP) is 2.84. The van der Waals surface area contributed by atoms with E-state index in [9.17, 15) is 18.0 Å². The summed E-state index contributed by atoms with van der Waals surface area (Å²) in [4.78, 5) is 26.8. The first-order valence-electron chi connectivity index (χ1n) is 10.2. The van der Waals surface area contributed by atoms with Gasteiger partial charge in [0.1, 0.15) is 10.6 Å². The fourth-order valence-corrected chi connectivity index (χ4v) is 5.79. The van der Waals surface area contributed by atoms with E-state index in [0.717, 1.165) is 25.7 Å². The topological polar surface area (TPSA) is 92.8 Å². The van der Waals surface area contributed by atoms with E-state index >= 15 is 0 Å². The molecule has 0 spiro atoms. The second-order valence-corrected chi connectivity index (χ2v) is 10.2. The molecule has 1 aliphatic carbocycles. The molecular weight excluding hydrogens is 392 g/mol.